The number of nitrogens with zero attached hydrogens (tertiary/aromatic N) is 7. The first-order valence-electron chi connectivity index (χ1n) is 9.82. The van der Waals surface area contributed by atoms with Crippen molar-refractivity contribution in [1.29, 1.82) is 0 Å². The molecule has 0 spiro atoms. The maximum Gasteiger partial charge on any atom is 0.228 e. The smallest absolute Gasteiger partial charge is 0.228 e. The molecule has 27 heavy (non-hydrogen) atoms. The Morgan fingerprint density at radius 3 is 3.00 bits per heavy atom. The molecular formula is C19H25N7S. The maximum absolute atomic E-state index is 4.59. The Bertz CT molecular complexity index is 983. The predicted octanol–water partition coefficient (Wildman–Crippen LogP) is 3.07. The van der Waals surface area contributed by atoms with E-state index < -0.39 is 0 Å². The van der Waals surface area contributed by atoms with Gasteiger partial charge in [0.05, 0.1) is 18.0 Å². The van der Waals surface area contributed by atoms with Crippen LogP contribution < -0.4 is 4.90 Å². The number of rotatable bonds is 3. The molecule has 0 radical (unpaired) electrons. The minimum Gasteiger partial charge on any atom is -0.332 e. The lowest BCUT2D eigenvalue weighted by Crippen LogP contribution is -2.36. The van der Waals surface area contributed by atoms with Crippen LogP contribution in [0.3, 0.4) is 0 Å². The molecule has 7 nitrogen and oxygen atoms in total. The fourth-order valence-electron chi connectivity index (χ4n) is 4.25. The first-order valence-corrected chi connectivity index (χ1v) is 10.6. The molecule has 0 bridgehead atoms. The van der Waals surface area contributed by atoms with Crippen LogP contribution in [0.1, 0.15) is 42.4 Å². The zero-order valence-electron chi connectivity index (χ0n) is 16.1. The molecule has 1 aliphatic heterocycles. The van der Waals surface area contributed by atoms with E-state index in [1.54, 1.807) is 0 Å². The second-order valence-electron chi connectivity index (χ2n) is 7.69. The zero-order valence-corrected chi connectivity index (χ0v) is 17.0. The number of hydrogen-bond donors (Lipinski definition) is 0. The van der Waals surface area contributed by atoms with Gasteiger partial charge in [-0.2, -0.15) is 5.10 Å². The molecule has 142 valence electrons. The van der Waals surface area contributed by atoms with Crippen molar-refractivity contribution in [3.63, 3.8) is 0 Å². The lowest BCUT2D eigenvalue weighted by atomic mass is 9.90. The Balaban J connectivity index is 1.47. The van der Waals surface area contributed by atoms with E-state index in [2.05, 4.69) is 49.7 Å². The van der Waals surface area contributed by atoms with Crippen LogP contribution in [-0.2, 0) is 32.5 Å². The van der Waals surface area contributed by atoms with Crippen LogP contribution in [0.5, 0.6) is 0 Å². The van der Waals surface area contributed by atoms with Crippen molar-refractivity contribution in [2.75, 3.05) is 11.4 Å². The highest BCUT2D eigenvalue weighted by molar-refractivity contribution is 7.15. The Morgan fingerprint density at radius 1 is 1.26 bits per heavy atom. The Labute approximate surface area is 163 Å². The normalized spacial score (nSPS) is 19.2. The highest BCUT2D eigenvalue weighted by Gasteiger charge is 2.26. The van der Waals surface area contributed by atoms with Crippen LogP contribution in [0.25, 0.3) is 10.7 Å². The average Bonchev–Trinajstić information content (AvgIpc) is 3.34. The van der Waals surface area contributed by atoms with E-state index in [4.69, 9.17) is 0 Å². The average molecular weight is 384 g/mol. The van der Waals surface area contributed by atoms with Gasteiger partial charge in [0.2, 0.25) is 5.95 Å². The number of hydrogen-bond acceptors (Lipinski definition) is 6. The predicted molar refractivity (Wildman–Crippen MR) is 106 cm³/mol. The van der Waals surface area contributed by atoms with Gasteiger partial charge in [-0.15, -0.1) is 21.5 Å². The third-order valence-corrected chi connectivity index (χ3v) is 6.88. The second-order valence-corrected chi connectivity index (χ2v) is 8.83. The van der Waals surface area contributed by atoms with Crippen molar-refractivity contribution in [1.82, 2.24) is 29.5 Å². The van der Waals surface area contributed by atoms with Crippen molar-refractivity contribution >= 4 is 17.3 Å². The van der Waals surface area contributed by atoms with Crippen molar-refractivity contribution in [2.45, 2.75) is 59.7 Å². The lowest BCUT2D eigenvalue weighted by molar-refractivity contribution is 0.500. The van der Waals surface area contributed by atoms with Gasteiger partial charge in [-0.3, -0.25) is 4.57 Å². The van der Waals surface area contributed by atoms with Crippen molar-refractivity contribution < 1.29 is 0 Å². The molecule has 3 aromatic heterocycles. The zero-order chi connectivity index (χ0) is 18.5. The standard InChI is InChI=1S/C19H25N7S/c1-4-25-18(16-10-14-9-12(2)5-6-15(14)27-16)21-22-19(25)24-7-8-26-17(11-24)20-13(3)23-26/h10,12H,4-9,11H2,1-3H3. The molecule has 0 N–H and O–H groups in total. The lowest BCUT2D eigenvalue weighted by Gasteiger charge is -2.27. The monoisotopic (exact) mass is 383 g/mol. The summed E-state index contributed by atoms with van der Waals surface area (Å²) in [6.45, 7) is 9.78. The van der Waals surface area contributed by atoms with Gasteiger partial charge in [0.15, 0.2) is 5.82 Å². The minimum absolute atomic E-state index is 0.734. The first-order chi connectivity index (χ1) is 13.1. The molecule has 0 aromatic carbocycles. The summed E-state index contributed by atoms with van der Waals surface area (Å²) in [7, 11) is 0. The molecule has 5 rings (SSSR count). The van der Waals surface area contributed by atoms with Crippen LogP contribution >= 0.6 is 11.3 Å². The summed E-state index contributed by atoms with van der Waals surface area (Å²) in [6.07, 6.45) is 3.70. The molecule has 1 unspecified atom stereocenters. The third kappa shape index (κ3) is 2.86. The van der Waals surface area contributed by atoms with E-state index in [1.807, 2.05) is 22.9 Å². The molecule has 0 amide bonds. The summed E-state index contributed by atoms with van der Waals surface area (Å²) in [4.78, 5) is 9.62. The van der Waals surface area contributed by atoms with Gasteiger partial charge in [0.25, 0.3) is 0 Å². The van der Waals surface area contributed by atoms with Crippen molar-refractivity contribution in [3.8, 4) is 10.7 Å². The molecule has 0 saturated carbocycles. The van der Waals surface area contributed by atoms with E-state index in [0.717, 1.165) is 55.5 Å². The highest BCUT2D eigenvalue weighted by atomic mass is 32.1. The molecular weight excluding hydrogens is 358 g/mol. The number of aromatic nitrogens is 6. The summed E-state index contributed by atoms with van der Waals surface area (Å²) < 4.78 is 4.26. The molecule has 4 heterocycles. The van der Waals surface area contributed by atoms with Crippen molar-refractivity contribution in [3.05, 3.63) is 28.2 Å². The summed E-state index contributed by atoms with van der Waals surface area (Å²) in [6, 6.07) is 2.35. The maximum atomic E-state index is 4.59. The van der Waals surface area contributed by atoms with E-state index in [0.29, 0.717) is 0 Å². The van der Waals surface area contributed by atoms with Gasteiger partial charge >= 0.3 is 0 Å². The van der Waals surface area contributed by atoms with Gasteiger partial charge < -0.3 is 4.90 Å². The summed E-state index contributed by atoms with van der Waals surface area (Å²) >= 11 is 1.90. The first kappa shape index (κ1) is 16.9. The minimum atomic E-state index is 0.734. The fourth-order valence-corrected chi connectivity index (χ4v) is 5.45. The molecule has 1 atom stereocenters. The van der Waals surface area contributed by atoms with E-state index in [9.17, 15) is 0 Å². The Hall–Kier alpha value is -2.22. The van der Waals surface area contributed by atoms with Gasteiger partial charge in [0, 0.05) is 18.0 Å². The van der Waals surface area contributed by atoms with Crippen LogP contribution in [0.2, 0.25) is 0 Å². The van der Waals surface area contributed by atoms with Crippen LogP contribution in [-0.4, -0.2) is 36.1 Å². The third-order valence-electron chi connectivity index (χ3n) is 5.65. The summed E-state index contributed by atoms with van der Waals surface area (Å²) in [5.41, 5.74) is 1.52. The number of fused-ring (bicyclic) bond motifs is 2. The quantitative estimate of drug-likeness (QED) is 0.695. The molecule has 3 aromatic rings. The van der Waals surface area contributed by atoms with E-state index in [-0.39, 0.29) is 0 Å². The van der Waals surface area contributed by atoms with E-state index in [1.165, 1.54) is 34.6 Å². The number of thiophene rings is 1. The van der Waals surface area contributed by atoms with E-state index >= 15 is 0 Å². The summed E-state index contributed by atoms with van der Waals surface area (Å²) in [5.74, 6) is 4.57. The Kier molecular flexibility index (Phi) is 4.03. The molecule has 8 heteroatoms. The molecule has 2 aliphatic rings. The van der Waals surface area contributed by atoms with Crippen LogP contribution in [0, 0.1) is 12.8 Å². The highest BCUT2D eigenvalue weighted by Crippen LogP contribution is 2.37. The SMILES string of the molecule is CCn1c(-c2cc3c(s2)CCC(C)C3)nnc1N1CCn2nc(C)nc2C1. The summed E-state index contributed by atoms with van der Waals surface area (Å²) in [5, 5.41) is 13.6. The molecule has 0 saturated heterocycles. The van der Waals surface area contributed by atoms with Gasteiger partial charge in [0.1, 0.15) is 11.6 Å². The van der Waals surface area contributed by atoms with Crippen molar-refractivity contribution in [2.24, 2.45) is 5.92 Å². The van der Waals surface area contributed by atoms with Crippen LogP contribution in [0.4, 0.5) is 5.95 Å². The topological polar surface area (TPSA) is 64.7 Å². The molecule has 0 fully saturated rings. The van der Waals surface area contributed by atoms with Crippen LogP contribution in [0.15, 0.2) is 6.07 Å². The fraction of sp³-hybridized carbons (Fsp3) is 0.579. The second kappa shape index (κ2) is 6.44. The largest absolute Gasteiger partial charge is 0.332 e. The molecule has 1 aliphatic carbocycles. The number of anilines is 1. The number of aryl methyl sites for hydroxylation is 2. The van der Waals surface area contributed by atoms with Gasteiger partial charge in [-0.1, -0.05) is 6.92 Å². The van der Waals surface area contributed by atoms with Gasteiger partial charge in [-0.25, -0.2) is 9.67 Å². The van der Waals surface area contributed by atoms with Gasteiger partial charge in [-0.05, 0) is 50.7 Å². The Morgan fingerprint density at radius 2 is 2.15 bits per heavy atom.